The fourth-order valence-electron chi connectivity index (χ4n) is 1.10. The molecule has 0 bridgehead atoms. The van der Waals surface area contributed by atoms with E-state index in [2.05, 4.69) is 6.08 Å². The molecule has 14 heavy (non-hydrogen) atoms. The van der Waals surface area contributed by atoms with Crippen molar-refractivity contribution in [2.24, 2.45) is 11.8 Å². The van der Waals surface area contributed by atoms with Gasteiger partial charge in [-0.25, -0.2) is 11.6 Å². The van der Waals surface area contributed by atoms with Gasteiger partial charge in [0.05, 0.1) is 6.10 Å². The minimum atomic E-state index is -0.249. The summed E-state index contributed by atoms with van der Waals surface area (Å²) in [6.45, 7) is 9.99. The standard InChI is InChI=1S/C12H21O.Y/c1-6-10(4)7-8-11(5)12(13)9(2)3;/h7-9,11-13H,1-5H3;/q-1;/t11-,12+;/m1./s1. The Hall–Kier alpha value is 0.544. The fraction of sp³-hybridized carbons (Fsp3) is 0.667. The van der Waals surface area contributed by atoms with Gasteiger partial charge in [-0.05, 0) is 11.8 Å². The molecule has 2 atom stereocenters. The second-order valence-electron chi connectivity index (χ2n) is 3.89. The van der Waals surface area contributed by atoms with Crippen molar-refractivity contribution in [1.29, 1.82) is 0 Å². The van der Waals surface area contributed by atoms with Crippen molar-refractivity contribution in [3.63, 3.8) is 0 Å². The van der Waals surface area contributed by atoms with E-state index in [-0.39, 0.29) is 44.7 Å². The van der Waals surface area contributed by atoms with Crippen LogP contribution in [0.5, 0.6) is 0 Å². The molecule has 0 fully saturated rings. The van der Waals surface area contributed by atoms with Gasteiger partial charge in [0, 0.05) is 32.7 Å². The van der Waals surface area contributed by atoms with E-state index in [0.29, 0.717) is 5.92 Å². The van der Waals surface area contributed by atoms with Crippen LogP contribution in [0, 0.1) is 17.9 Å². The van der Waals surface area contributed by atoms with Crippen molar-refractivity contribution >= 4 is 0 Å². The SMILES string of the molecule is C[C-]=C(C)C=C[C@@H](C)[C@@H](O)C(C)C.[Y]. The van der Waals surface area contributed by atoms with Crippen LogP contribution in [0.2, 0.25) is 0 Å². The number of hydrogen-bond acceptors (Lipinski definition) is 1. The monoisotopic (exact) mass is 270 g/mol. The first-order valence-electron chi connectivity index (χ1n) is 4.86. The molecule has 0 saturated carbocycles. The van der Waals surface area contributed by atoms with Crippen molar-refractivity contribution in [3.05, 3.63) is 23.8 Å². The summed E-state index contributed by atoms with van der Waals surface area (Å²) >= 11 is 0. The summed E-state index contributed by atoms with van der Waals surface area (Å²) in [6, 6.07) is 0. The predicted molar refractivity (Wildman–Crippen MR) is 57.3 cm³/mol. The van der Waals surface area contributed by atoms with Crippen molar-refractivity contribution in [2.45, 2.75) is 40.7 Å². The van der Waals surface area contributed by atoms with Crippen LogP contribution in [0.3, 0.4) is 0 Å². The van der Waals surface area contributed by atoms with E-state index >= 15 is 0 Å². The first-order chi connectivity index (χ1) is 5.99. The Kier molecular flexibility index (Phi) is 10.7. The molecule has 0 aliphatic heterocycles. The maximum Gasteiger partial charge on any atom is 0.0608 e. The Morgan fingerprint density at radius 3 is 2.14 bits per heavy atom. The second-order valence-corrected chi connectivity index (χ2v) is 3.89. The minimum Gasteiger partial charge on any atom is -0.392 e. The second kappa shape index (κ2) is 8.82. The van der Waals surface area contributed by atoms with Gasteiger partial charge in [-0.1, -0.05) is 27.7 Å². The number of hydrogen-bond donors (Lipinski definition) is 1. The number of rotatable bonds is 4. The van der Waals surface area contributed by atoms with Crippen LogP contribution >= 0.6 is 0 Å². The third kappa shape index (κ3) is 6.92. The van der Waals surface area contributed by atoms with E-state index in [4.69, 9.17) is 0 Å². The predicted octanol–water partition coefficient (Wildman–Crippen LogP) is 2.96. The smallest absolute Gasteiger partial charge is 0.0608 e. The van der Waals surface area contributed by atoms with Gasteiger partial charge >= 0.3 is 0 Å². The van der Waals surface area contributed by atoms with Gasteiger partial charge in [0.15, 0.2) is 0 Å². The first kappa shape index (κ1) is 17.0. The molecular formula is C12H21OY-. The van der Waals surface area contributed by atoms with Gasteiger partial charge in [-0.2, -0.15) is 6.08 Å². The summed E-state index contributed by atoms with van der Waals surface area (Å²) in [5.74, 6) is 0.526. The van der Waals surface area contributed by atoms with E-state index in [1.54, 1.807) is 0 Å². The van der Waals surface area contributed by atoms with E-state index in [9.17, 15) is 5.11 Å². The van der Waals surface area contributed by atoms with Gasteiger partial charge < -0.3 is 5.11 Å². The zero-order valence-corrected chi connectivity index (χ0v) is 12.7. The molecule has 0 aromatic heterocycles. The fourth-order valence-corrected chi connectivity index (χ4v) is 1.10. The normalized spacial score (nSPS) is 16.9. The van der Waals surface area contributed by atoms with Crippen LogP contribution in [0.15, 0.2) is 17.7 Å². The maximum absolute atomic E-state index is 9.70. The summed E-state index contributed by atoms with van der Waals surface area (Å²) in [5, 5.41) is 9.70. The molecular weight excluding hydrogens is 249 g/mol. The third-order valence-electron chi connectivity index (χ3n) is 2.27. The summed E-state index contributed by atoms with van der Waals surface area (Å²) in [7, 11) is 0. The molecule has 2 heteroatoms. The van der Waals surface area contributed by atoms with Crippen molar-refractivity contribution in [1.82, 2.24) is 0 Å². The zero-order chi connectivity index (χ0) is 10.4. The molecule has 1 nitrogen and oxygen atoms in total. The molecule has 0 aromatic rings. The van der Waals surface area contributed by atoms with Gasteiger partial charge in [0.1, 0.15) is 0 Å². The maximum atomic E-state index is 9.70. The Balaban J connectivity index is 0. The molecule has 1 N–H and O–H groups in total. The van der Waals surface area contributed by atoms with E-state index in [0.717, 1.165) is 5.57 Å². The molecule has 0 heterocycles. The molecule has 0 rings (SSSR count). The Morgan fingerprint density at radius 1 is 1.29 bits per heavy atom. The van der Waals surface area contributed by atoms with Crippen molar-refractivity contribution in [2.75, 3.05) is 0 Å². The average Bonchev–Trinajstić information content (AvgIpc) is 2.11. The molecule has 0 aliphatic carbocycles. The van der Waals surface area contributed by atoms with Crippen molar-refractivity contribution in [3.8, 4) is 0 Å². The molecule has 0 unspecified atom stereocenters. The molecule has 0 aliphatic rings. The Bertz CT molecular complexity index is 194. The topological polar surface area (TPSA) is 20.2 Å². The summed E-state index contributed by atoms with van der Waals surface area (Å²) in [6.07, 6.45) is 6.84. The van der Waals surface area contributed by atoms with Crippen LogP contribution in [-0.2, 0) is 32.7 Å². The van der Waals surface area contributed by atoms with Crippen LogP contribution in [0.4, 0.5) is 0 Å². The van der Waals surface area contributed by atoms with Gasteiger partial charge in [-0.3, -0.25) is 6.08 Å². The van der Waals surface area contributed by atoms with Gasteiger partial charge in [0.2, 0.25) is 0 Å². The molecule has 1 radical (unpaired) electrons. The number of aliphatic hydroxyl groups is 1. The molecule has 0 spiro atoms. The van der Waals surface area contributed by atoms with E-state index in [1.807, 2.05) is 46.8 Å². The summed E-state index contributed by atoms with van der Waals surface area (Å²) < 4.78 is 0. The third-order valence-corrected chi connectivity index (χ3v) is 2.27. The largest absolute Gasteiger partial charge is 0.392 e. The number of aliphatic hydroxyl groups excluding tert-OH is 1. The van der Waals surface area contributed by atoms with Crippen LogP contribution in [0.1, 0.15) is 34.6 Å². The van der Waals surface area contributed by atoms with E-state index < -0.39 is 0 Å². The molecule has 0 saturated heterocycles. The quantitative estimate of drug-likeness (QED) is 0.615. The Morgan fingerprint density at radius 2 is 1.79 bits per heavy atom. The minimum absolute atomic E-state index is 0. The van der Waals surface area contributed by atoms with E-state index in [1.165, 1.54) is 0 Å². The average molecular weight is 270 g/mol. The zero-order valence-electron chi connectivity index (χ0n) is 9.91. The first-order valence-corrected chi connectivity index (χ1v) is 4.86. The Labute approximate surface area is 114 Å². The van der Waals surface area contributed by atoms with Crippen LogP contribution < -0.4 is 0 Å². The van der Waals surface area contributed by atoms with Crippen LogP contribution in [0.25, 0.3) is 0 Å². The summed E-state index contributed by atoms with van der Waals surface area (Å²) in [4.78, 5) is 0. The van der Waals surface area contributed by atoms with Gasteiger partial charge in [-0.15, -0.1) is 6.92 Å². The number of allylic oxidation sites excluding steroid dienone is 3. The van der Waals surface area contributed by atoms with Gasteiger partial charge in [0.25, 0.3) is 0 Å². The molecule has 0 aromatic carbocycles. The van der Waals surface area contributed by atoms with Crippen LogP contribution in [-0.4, -0.2) is 11.2 Å². The summed E-state index contributed by atoms with van der Waals surface area (Å²) in [5.41, 5.74) is 1.11. The molecule has 0 amide bonds. The molecule has 79 valence electrons. The van der Waals surface area contributed by atoms with Crippen molar-refractivity contribution < 1.29 is 37.8 Å².